The van der Waals surface area contributed by atoms with Crippen LogP contribution in [-0.4, -0.2) is 19.9 Å². The number of hydrogen-bond donors (Lipinski definition) is 0. The van der Waals surface area contributed by atoms with Gasteiger partial charge in [-0.2, -0.15) is 0 Å². The third kappa shape index (κ3) is 5.56. The van der Waals surface area contributed by atoms with Gasteiger partial charge in [0, 0.05) is 23.9 Å². The Kier molecular flexibility index (Phi) is 8.14. The second-order valence-corrected chi connectivity index (χ2v) is 8.27. The number of pyridine rings is 1. The fourth-order valence-electron chi connectivity index (χ4n) is 3.84. The van der Waals surface area contributed by atoms with Gasteiger partial charge >= 0.3 is 5.69 Å². The Balaban J connectivity index is 2.05. The van der Waals surface area contributed by atoms with Crippen LogP contribution in [0.3, 0.4) is 0 Å². The molecule has 188 valence electrons. The van der Waals surface area contributed by atoms with E-state index in [4.69, 9.17) is 4.74 Å². The maximum Gasteiger partial charge on any atom is 0.331 e. The normalized spacial score (nSPS) is 11.3. The highest BCUT2D eigenvalue weighted by molar-refractivity contribution is 5.87. The van der Waals surface area contributed by atoms with E-state index in [-0.39, 0.29) is 23.8 Å². The first kappa shape index (κ1) is 26.5. The summed E-state index contributed by atoms with van der Waals surface area (Å²) < 4.78 is 34.8. The number of ketones is 1. The summed E-state index contributed by atoms with van der Waals surface area (Å²) in [5.41, 5.74) is 1.28. The summed E-state index contributed by atoms with van der Waals surface area (Å²) in [5.74, 6) is -0.0675. The summed E-state index contributed by atoms with van der Waals surface area (Å²) in [7, 11) is 0. The van der Waals surface area contributed by atoms with E-state index in [1.807, 2.05) is 0 Å². The Bertz CT molecular complexity index is 1470. The molecule has 0 amide bonds. The summed E-state index contributed by atoms with van der Waals surface area (Å²) in [6.07, 6.45) is 1.44. The number of benzene rings is 1. The molecule has 0 fully saturated rings. The predicted molar refractivity (Wildman–Crippen MR) is 134 cm³/mol. The number of halogens is 2. The van der Waals surface area contributed by atoms with Crippen LogP contribution in [0.4, 0.5) is 8.78 Å². The van der Waals surface area contributed by atoms with Gasteiger partial charge < -0.3 is 4.74 Å². The number of alkyl halides is 2. The third-order valence-corrected chi connectivity index (χ3v) is 5.59. The first-order chi connectivity index (χ1) is 17.0. The Morgan fingerprint density at radius 3 is 2.50 bits per heavy atom. The predicted octanol–water partition coefficient (Wildman–Crippen LogP) is 5.14. The molecule has 0 saturated carbocycles. The molecule has 0 aliphatic heterocycles. The highest BCUT2D eigenvalue weighted by atomic mass is 19.3. The van der Waals surface area contributed by atoms with Gasteiger partial charge in [0.2, 0.25) is 5.88 Å². The summed E-state index contributed by atoms with van der Waals surface area (Å²) in [4.78, 5) is 41.5. The maximum atomic E-state index is 13.3. The number of ether oxygens (including phenoxy) is 1. The van der Waals surface area contributed by atoms with E-state index in [1.165, 1.54) is 42.0 Å². The molecule has 0 aliphatic rings. The molecule has 7 nitrogen and oxygen atoms in total. The fraction of sp³-hybridized carbons (Fsp3) is 0.259. The molecule has 0 spiro atoms. The zero-order valence-corrected chi connectivity index (χ0v) is 20.5. The minimum atomic E-state index is -2.74. The second-order valence-electron chi connectivity index (χ2n) is 8.27. The summed E-state index contributed by atoms with van der Waals surface area (Å²) in [6, 6.07) is 7.56. The number of carbonyl (C=O) groups is 1. The lowest BCUT2D eigenvalue weighted by Crippen LogP contribution is -2.42. The molecule has 0 bridgehead atoms. The van der Waals surface area contributed by atoms with Gasteiger partial charge in [0.25, 0.3) is 12.0 Å². The SMILES string of the molecule is C=C(/C=C\C(C)=O)Cn1c(=O)c(C)c(-c2ccc(Oc3ncccc3C(F)F)cc2C)n(CC)c1=O. The van der Waals surface area contributed by atoms with E-state index in [1.54, 1.807) is 39.0 Å². The van der Waals surface area contributed by atoms with Gasteiger partial charge in [-0.05, 0) is 75.2 Å². The molecular formula is C27H27F2N3O4. The first-order valence-electron chi connectivity index (χ1n) is 11.3. The van der Waals surface area contributed by atoms with Crippen molar-refractivity contribution in [3.05, 3.63) is 98.4 Å². The molecule has 2 aromatic heterocycles. The van der Waals surface area contributed by atoms with Gasteiger partial charge in [-0.3, -0.25) is 18.7 Å². The van der Waals surface area contributed by atoms with Crippen LogP contribution in [0.25, 0.3) is 11.3 Å². The summed E-state index contributed by atoms with van der Waals surface area (Å²) in [5, 5.41) is 0. The van der Waals surface area contributed by atoms with Crippen LogP contribution in [0.15, 0.2) is 70.4 Å². The molecule has 0 saturated heterocycles. The van der Waals surface area contributed by atoms with Crippen molar-refractivity contribution >= 4 is 5.78 Å². The van der Waals surface area contributed by atoms with Crippen LogP contribution in [0, 0.1) is 13.8 Å². The van der Waals surface area contributed by atoms with Crippen molar-refractivity contribution in [2.45, 2.75) is 47.2 Å². The van der Waals surface area contributed by atoms with Crippen LogP contribution in [0.5, 0.6) is 11.6 Å². The Labute approximate surface area is 207 Å². The number of allylic oxidation sites excluding steroid dienone is 3. The van der Waals surface area contributed by atoms with E-state index in [2.05, 4.69) is 11.6 Å². The number of aryl methyl sites for hydroxylation is 1. The molecule has 36 heavy (non-hydrogen) atoms. The Morgan fingerprint density at radius 1 is 1.17 bits per heavy atom. The van der Waals surface area contributed by atoms with Crippen LogP contribution in [-0.2, 0) is 17.9 Å². The molecular weight excluding hydrogens is 468 g/mol. The smallest absolute Gasteiger partial charge is 0.331 e. The molecule has 0 radical (unpaired) electrons. The number of aromatic nitrogens is 3. The van der Waals surface area contributed by atoms with Crippen LogP contribution in [0.2, 0.25) is 0 Å². The van der Waals surface area contributed by atoms with Gasteiger partial charge in [-0.1, -0.05) is 12.7 Å². The third-order valence-electron chi connectivity index (χ3n) is 5.59. The molecule has 3 rings (SSSR count). The van der Waals surface area contributed by atoms with Gasteiger partial charge in [0.1, 0.15) is 5.75 Å². The number of hydrogen-bond acceptors (Lipinski definition) is 5. The fourth-order valence-corrected chi connectivity index (χ4v) is 3.84. The van der Waals surface area contributed by atoms with Crippen molar-refractivity contribution in [1.29, 1.82) is 0 Å². The molecule has 0 atom stereocenters. The summed E-state index contributed by atoms with van der Waals surface area (Å²) >= 11 is 0. The zero-order chi connectivity index (χ0) is 26.6. The minimum Gasteiger partial charge on any atom is -0.439 e. The average molecular weight is 496 g/mol. The highest BCUT2D eigenvalue weighted by Gasteiger charge is 2.20. The van der Waals surface area contributed by atoms with Crippen LogP contribution in [0.1, 0.15) is 37.0 Å². The van der Waals surface area contributed by atoms with E-state index >= 15 is 0 Å². The number of rotatable bonds is 9. The van der Waals surface area contributed by atoms with E-state index in [9.17, 15) is 23.2 Å². The van der Waals surface area contributed by atoms with E-state index in [0.29, 0.717) is 40.3 Å². The monoisotopic (exact) mass is 495 g/mol. The van der Waals surface area contributed by atoms with Crippen LogP contribution >= 0.6 is 0 Å². The maximum absolute atomic E-state index is 13.3. The lowest BCUT2D eigenvalue weighted by molar-refractivity contribution is -0.112. The first-order valence-corrected chi connectivity index (χ1v) is 11.3. The molecule has 0 unspecified atom stereocenters. The van der Waals surface area contributed by atoms with Crippen molar-refractivity contribution in [3.63, 3.8) is 0 Å². The van der Waals surface area contributed by atoms with Crippen molar-refractivity contribution in [3.8, 4) is 22.9 Å². The zero-order valence-electron chi connectivity index (χ0n) is 20.5. The molecule has 3 aromatic rings. The molecule has 0 N–H and O–H groups in total. The lowest BCUT2D eigenvalue weighted by Gasteiger charge is -2.19. The van der Waals surface area contributed by atoms with E-state index in [0.717, 1.165) is 4.57 Å². The van der Waals surface area contributed by atoms with Crippen molar-refractivity contribution in [1.82, 2.24) is 14.1 Å². The number of carbonyl (C=O) groups excluding carboxylic acids is 1. The topological polar surface area (TPSA) is 83.2 Å². The van der Waals surface area contributed by atoms with Gasteiger partial charge in [0.15, 0.2) is 5.78 Å². The Hall–Kier alpha value is -4.14. The standard InChI is InChI=1S/C27H27F2N3O4/c1-6-31-23(19(5)26(34)32(27(31)35)15-16(2)9-10-18(4)33)21-12-11-20(14-17(21)3)36-25-22(24(28)29)8-7-13-30-25/h7-14,24H,2,6,15H2,1,3-5H3/b10-9-. The van der Waals surface area contributed by atoms with Gasteiger partial charge in [-0.15, -0.1) is 0 Å². The number of nitrogens with zero attached hydrogens (tertiary/aromatic N) is 3. The average Bonchev–Trinajstić information content (AvgIpc) is 2.83. The second kappa shape index (κ2) is 11.1. The molecule has 9 heteroatoms. The molecule has 2 heterocycles. The van der Waals surface area contributed by atoms with Gasteiger partial charge in [0.05, 0.1) is 17.8 Å². The Morgan fingerprint density at radius 2 is 1.89 bits per heavy atom. The van der Waals surface area contributed by atoms with Crippen molar-refractivity contribution < 1.29 is 18.3 Å². The summed E-state index contributed by atoms with van der Waals surface area (Å²) in [6.45, 7) is 10.7. The minimum absolute atomic E-state index is 0.0507. The molecule has 0 aliphatic carbocycles. The quantitative estimate of drug-likeness (QED) is 0.303. The van der Waals surface area contributed by atoms with Crippen LogP contribution < -0.4 is 16.0 Å². The lowest BCUT2D eigenvalue weighted by atomic mass is 10.0. The van der Waals surface area contributed by atoms with Crippen molar-refractivity contribution in [2.24, 2.45) is 0 Å². The largest absolute Gasteiger partial charge is 0.439 e. The van der Waals surface area contributed by atoms with Crippen molar-refractivity contribution in [2.75, 3.05) is 0 Å². The molecule has 1 aromatic carbocycles. The highest BCUT2D eigenvalue weighted by Crippen LogP contribution is 2.33. The van der Waals surface area contributed by atoms with E-state index < -0.39 is 17.7 Å². The van der Waals surface area contributed by atoms with Gasteiger partial charge in [-0.25, -0.2) is 18.6 Å².